The summed E-state index contributed by atoms with van der Waals surface area (Å²) in [6.45, 7) is -1.24. The molecule has 17 heteroatoms. The normalized spacial score (nSPS) is 40.2. The molecule has 2 rings (SSSR count). The van der Waals surface area contributed by atoms with Crippen LogP contribution in [0, 0.1) is 0 Å². The van der Waals surface area contributed by atoms with Crippen LogP contribution in [0.2, 0.25) is 0 Å². The summed E-state index contributed by atoms with van der Waals surface area (Å²) < 4.78 is 41.2. The number of phosphoric acid groups is 1. The van der Waals surface area contributed by atoms with E-state index in [9.17, 15) is 35.2 Å². The van der Waals surface area contributed by atoms with Gasteiger partial charge in [-0.3, -0.25) is 4.52 Å². The Morgan fingerprint density at radius 2 is 1.12 bits per heavy atom. The first-order valence-corrected chi connectivity index (χ1v) is 11.5. The molecule has 10 atom stereocenters. The summed E-state index contributed by atoms with van der Waals surface area (Å²) in [5.74, 6) is 0. The molecule has 2 heterocycles. The minimum Gasteiger partial charge on any atom is -0.394 e. The lowest BCUT2D eigenvalue weighted by Crippen LogP contribution is -2.59. The van der Waals surface area contributed by atoms with Crippen molar-refractivity contribution in [1.29, 1.82) is 0 Å². The largest absolute Gasteiger partial charge is 0.472 e. The minimum absolute atomic E-state index is 0.0657. The smallest absolute Gasteiger partial charge is 0.394 e. The molecule has 0 saturated carbocycles. The molecule has 2 fully saturated rings. The summed E-state index contributed by atoms with van der Waals surface area (Å²) in [7, 11) is -5.05. The second kappa shape index (κ2) is 13.1. The Hall–Kier alpha value is -0.370. The van der Waals surface area contributed by atoms with Crippen LogP contribution >= 0.6 is 7.82 Å². The average molecular weight is 510 g/mol. The number of aliphatic hydroxyl groups excluding tert-OH is 7. The van der Waals surface area contributed by atoms with E-state index in [2.05, 4.69) is 4.52 Å². The molecule has 0 aromatic carbocycles. The fourth-order valence-corrected chi connectivity index (χ4v) is 3.60. The molecule has 0 aromatic heterocycles. The molecule has 33 heavy (non-hydrogen) atoms. The lowest BCUT2D eigenvalue weighted by molar-refractivity contribution is -0.304. The highest BCUT2D eigenvalue weighted by molar-refractivity contribution is 7.46. The second-order valence-electron chi connectivity index (χ2n) is 7.37. The second-order valence-corrected chi connectivity index (χ2v) is 8.56. The van der Waals surface area contributed by atoms with Crippen molar-refractivity contribution < 1.29 is 78.3 Å². The molecule has 0 spiro atoms. The van der Waals surface area contributed by atoms with Gasteiger partial charge in [0.15, 0.2) is 12.6 Å². The maximum absolute atomic E-state index is 10.9. The molecule has 0 radical (unpaired) electrons. The van der Waals surface area contributed by atoms with Gasteiger partial charge in [-0.25, -0.2) is 4.57 Å². The third kappa shape index (κ3) is 8.36. The van der Waals surface area contributed by atoms with E-state index in [1.165, 1.54) is 0 Å². The van der Waals surface area contributed by atoms with Gasteiger partial charge in [0, 0.05) is 0 Å². The number of ether oxygens (including phenoxy) is 5. The van der Waals surface area contributed by atoms with E-state index < -0.39 is 69.2 Å². The molecule has 16 nitrogen and oxygen atoms in total. The minimum atomic E-state index is -5.05. The van der Waals surface area contributed by atoms with E-state index in [0.717, 1.165) is 0 Å². The van der Waals surface area contributed by atoms with Gasteiger partial charge in [-0.1, -0.05) is 0 Å². The van der Waals surface area contributed by atoms with Crippen LogP contribution in [0.15, 0.2) is 0 Å². The highest BCUT2D eigenvalue weighted by Gasteiger charge is 2.47. The first-order valence-electron chi connectivity index (χ1n) is 9.97. The van der Waals surface area contributed by atoms with Crippen molar-refractivity contribution >= 4 is 7.82 Å². The summed E-state index contributed by atoms with van der Waals surface area (Å²) in [4.78, 5) is 17.7. The van der Waals surface area contributed by atoms with Gasteiger partial charge in [-0.15, -0.1) is 0 Å². The van der Waals surface area contributed by atoms with E-state index >= 15 is 0 Å². The maximum Gasteiger partial charge on any atom is 0.472 e. The predicted octanol–water partition coefficient (Wildman–Crippen LogP) is -5.25. The number of rotatable bonds is 12. The molecule has 0 bridgehead atoms. The van der Waals surface area contributed by atoms with Gasteiger partial charge in [0.05, 0.1) is 39.6 Å². The standard InChI is InChI=1S/C16H31O16P/c17-1-2-29-15-13(22)11(20)9(18)7(30-15)5-27-3-4-28-6-8-10(19)12(21)14(23)16(31-8)32-33(24,25)26/h7-23H,1-6H2,(H2,24,25,26)/t7-,8+,9+,10-,11+,12-,13-,14+,15-,16-/m1/s1. The van der Waals surface area contributed by atoms with Crippen molar-refractivity contribution in [3.05, 3.63) is 0 Å². The summed E-state index contributed by atoms with van der Waals surface area (Å²) >= 11 is 0. The van der Waals surface area contributed by atoms with Gasteiger partial charge in [0.25, 0.3) is 0 Å². The van der Waals surface area contributed by atoms with Gasteiger partial charge in [0.1, 0.15) is 48.8 Å². The highest BCUT2D eigenvalue weighted by atomic mass is 31.2. The van der Waals surface area contributed by atoms with Crippen LogP contribution in [0.25, 0.3) is 0 Å². The van der Waals surface area contributed by atoms with Crippen molar-refractivity contribution in [2.24, 2.45) is 0 Å². The van der Waals surface area contributed by atoms with Gasteiger partial charge < -0.3 is 69.2 Å². The molecule has 0 unspecified atom stereocenters. The lowest BCUT2D eigenvalue weighted by atomic mass is 9.99. The molecular weight excluding hydrogens is 479 g/mol. The molecule has 2 saturated heterocycles. The Labute approximate surface area is 188 Å². The molecule has 0 amide bonds. The van der Waals surface area contributed by atoms with E-state index in [-0.39, 0.29) is 39.6 Å². The molecule has 196 valence electrons. The zero-order chi connectivity index (χ0) is 24.8. The van der Waals surface area contributed by atoms with Gasteiger partial charge in [-0.2, -0.15) is 0 Å². The Balaban J connectivity index is 1.73. The zero-order valence-electron chi connectivity index (χ0n) is 17.3. The number of phosphoric ester groups is 1. The van der Waals surface area contributed by atoms with E-state index in [0.29, 0.717) is 0 Å². The predicted molar refractivity (Wildman–Crippen MR) is 101 cm³/mol. The van der Waals surface area contributed by atoms with Crippen LogP contribution in [0.5, 0.6) is 0 Å². The van der Waals surface area contributed by atoms with Crippen LogP contribution in [-0.4, -0.2) is 147 Å². The van der Waals surface area contributed by atoms with Crippen molar-refractivity contribution in [3.63, 3.8) is 0 Å². The van der Waals surface area contributed by atoms with Crippen LogP contribution < -0.4 is 0 Å². The number of aliphatic hydroxyl groups is 7. The SMILES string of the molecule is O=P(O)(O)O[C@H]1O[C@@H](COCCOC[C@H]2O[C@@H](OCCO)[C@H](O)[C@@H](O)[C@H]2O)[C@@H](O)[C@@H](O)[C@@H]1O. The maximum atomic E-state index is 10.9. The molecule has 2 aliphatic rings. The van der Waals surface area contributed by atoms with Gasteiger partial charge in [-0.05, 0) is 0 Å². The molecular formula is C16H31O16P. The molecule has 0 aromatic rings. The molecule has 0 aliphatic carbocycles. The van der Waals surface area contributed by atoms with E-state index in [4.69, 9.17) is 38.6 Å². The summed E-state index contributed by atoms with van der Waals surface area (Å²) in [6.07, 6.45) is -15.4. The highest BCUT2D eigenvalue weighted by Crippen LogP contribution is 2.40. The summed E-state index contributed by atoms with van der Waals surface area (Å²) in [5, 5.41) is 68.0. The number of hydrogen-bond donors (Lipinski definition) is 9. The first-order chi connectivity index (χ1) is 15.5. The molecule has 9 N–H and O–H groups in total. The van der Waals surface area contributed by atoms with E-state index in [1.807, 2.05) is 0 Å². The van der Waals surface area contributed by atoms with Gasteiger partial charge in [0.2, 0.25) is 0 Å². The number of hydrogen-bond acceptors (Lipinski definition) is 14. The summed E-state index contributed by atoms with van der Waals surface area (Å²) in [6, 6.07) is 0. The Bertz CT molecular complexity index is 619. The van der Waals surface area contributed by atoms with E-state index in [1.54, 1.807) is 0 Å². The molecule has 2 aliphatic heterocycles. The van der Waals surface area contributed by atoms with Crippen LogP contribution in [0.4, 0.5) is 0 Å². The monoisotopic (exact) mass is 510 g/mol. The average Bonchev–Trinajstić information content (AvgIpc) is 2.75. The fraction of sp³-hybridized carbons (Fsp3) is 1.00. The van der Waals surface area contributed by atoms with Gasteiger partial charge >= 0.3 is 7.82 Å². The first kappa shape index (κ1) is 28.9. The lowest BCUT2D eigenvalue weighted by Gasteiger charge is -2.40. The van der Waals surface area contributed by atoms with Crippen molar-refractivity contribution in [2.75, 3.05) is 39.6 Å². The quantitative estimate of drug-likeness (QED) is 0.0878. The van der Waals surface area contributed by atoms with Crippen LogP contribution in [0.1, 0.15) is 0 Å². The fourth-order valence-electron chi connectivity index (χ4n) is 3.15. The van der Waals surface area contributed by atoms with Crippen molar-refractivity contribution in [2.45, 2.75) is 61.4 Å². The van der Waals surface area contributed by atoms with Crippen LogP contribution in [-0.2, 0) is 32.8 Å². The topological polar surface area (TPSA) is 255 Å². The van der Waals surface area contributed by atoms with Crippen molar-refractivity contribution in [1.82, 2.24) is 0 Å². The Morgan fingerprint density at radius 1 is 0.667 bits per heavy atom. The van der Waals surface area contributed by atoms with Crippen molar-refractivity contribution in [3.8, 4) is 0 Å². The third-order valence-electron chi connectivity index (χ3n) is 4.89. The summed E-state index contributed by atoms with van der Waals surface area (Å²) in [5.41, 5.74) is 0. The Kier molecular flexibility index (Phi) is 11.4. The van der Waals surface area contributed by atoms with Crippen LogP contribution in [0.3, 0.4) is 0 Å². The zero-order valence-corrected chi connectivity index (χ0v) is 18.2. The Morgan fingerprint density at radius 3 is 1.58 bits per heavy atom. The third-order valence-corrected chi connectivity index (χ3v) is 5.37.